The first kappa shape index (κ1) is 20.3. The summed E-state index contributed by atoms with van der Waals surface area (Å²) < 4.78 is 0. The summed E-state index contributed by atoms with van der Waals surface area (Å²) in [5, 5.41) is 14.5. The van der Waals surface area contributed by atoms with Gasteiger partial charge in [0.1, 0.15) is 11.4 Å². The zero-order valence-corrected chi connectivity index (χ0v) is 17.1. The maximum atomic E-state index is 12.8. The van der Waals surface area contributed by atoms with Gasteiger partial charge in [-0.3, -0.25) is 14.9 Å². The van der Waals surface area contributed by atoms with Gasteiger partial charge in [0, 0.05) is 49.7 Å². The lowest BCUT2D eigenvalue weighted by molar-refractivity contribution is -0.385. The largest absolute Gasteiger partial charge is 0.340 e. The number of hydrogen-bond donors (Lipinski definition) is 1. The summed E-state index contributed by atoms with van der Waals surface area (Å²) in [6, 6.07) is 17.7. The van der Waals surface area contributed by atoms with Crippen LogP contribution in [0.3, 0.4) is 0 Å². The smallest absolute Gasteiger partial charge is 0.282 e. The van der Waals surface area contributed by atoms with Gasteiger partial charge in [-0.1, -0.05) is 30.3 Å². The van der Waals surface area contributed by atoms with Crippen molar-refractivity contribution < 1.29 is 9.72 Å². The van der Waals surface area contributed by atoms with Crippen LogP contribution in [0.2, 0.25) is 0 Å². The molecule has 0 bridgehead atoms. The fraction of sp³-hybridized carbons (Fsp3) is 0.227. The van der Waals surface area contributed by atoms with Crippen LogP contribution >= 0.6 is 0 Å². The molecule has 9 nitrogen and oxygen atoms in total. The predicted molar refractivity (Wildman–Crippen MR) is 118 cm³/mol. The Morgan fingerprint density at radius 2 is 1.68 bits per heavy atom. The molecule has 0 spiro atoms. The van der Waals surface area contributed by atoms with Crippen molar-refractivity contribution >= 4 is 29.0 Å². The molecule has 0 radical (unpaired) electrons. The summed E-state index contributed by atoms with van der Waals surface area (Å²) in [5.74, 6) is 0.965. The topological polar surface area (TPSA) is 105 Å². The first-order valence-electron chi connectivity index (χ1n) is 9.96. The average molecular weight is 418 g/mol. The molecule has 0 saturated carbocycles. The first-order valence-corrected chi connectivity index (χ1v) is 9.96. The molecule has 1 aromatic heterocycles. The fourth-order valence-electron chi connectivity index (χ4n) is 3.52. The number of aryl methyl sites for hydroxylation is 1. The molecule has 1 saturated heterocycles. The van der Waals surface area contributed by atoms with Crippen molar-refractivity contribution in [2.75, 3.05) is 36.4 Å². The zero-order valence-electron chi connectivity index (χ0n) is 17.1. The highest BCUT2D eigenvalue weighted by molar-refractivity contribution is 5.98. The Morgan fingerprint density at radius 3 is 2.39 bits per heavy atom. The van der Waals surface area contributed by atoms with E-state index in [4.69, 9.17) is 0 Å². The van der Waals surface area contributed by atoms with Crippen molar-refractivity contribution in [3.05, 3.63) is 82.0 Å². The molecule has 9 heteroatoms. The van der Waals surface area contributed by atoms with Crippen LogP contribution < -0.4 is 10.2 Å². The molecule has 4 rings (SSSR count). The molecule has 2 heterocycles. The summed E-state index contributed by atoms with van der Waals surface area (Å²) in [7, 11) is 0. The van der Waals surface area contributed by atoms with Gasteiger partial charge in [0.25, 0.3) is 11.6 Å². The van der Waals surface area contributed by atoms with E-state index < -0.39 is 4.92 Å². The Kier molecular flexibility index (Phi) is 5.74. The number of carbonyl (C=O) groups excluding carboxylic acids is 1. The van der Waals surface area contributed by atoms with Gasteiger partial charge >= 0.3 is 0 Å². The quantitative estimate of drug-likeness (QED) is 0.500. The van der Waals surface area contributed by atoms with E-state index in [-0.39, 0.29) is 17.2 Å². The molecule has 0 aliphatic carbocycles. The summed E-state index contributed by atoms with van der Waals surface area (Å²) in [6.45, 7) is 3.87. The monoisotopic (exact) mass is 418 g/mol. The number of benzene rings is 2. The SMILES string of the molecule is Cc1cc(Nc2ccccc2)nc(N2CCN(C(=O)c3ccccc3[N+](=O)[O-])CC2)n1. The molecule has 1 N–H and O–H groups in total. The van der Waals surface area contributed by atoms with Crippen molar-refractivity contribution in [1.82, 2.24) is 14.9 Å². The molecule has 1 aliphatic heterocycles. The number of hydrogen-bond acceptors (Lipinski definition) is 7. The highest BCUT2D eigenvalue weighted by Gasteiger charge is 2.28. The lowest BCUT2D eigenvalue weighted by Crippen LogP contribution is -2.49. The third kappa shape index (κ3) is 4.61. The highest BCUT2D eigenvalue weighted by atomic mass is 16.6. The van der Waals surface area contributed by atoms with E-state index in [0.29, 0.717) is 37.9 Å². The minimum Gasteiger partial charge on any atom is -0.340 e. The minimum atomic E-state index is -0.522. The van der Waals surface area contributed by atoms with E-state index >= 15 is 0 Å². The first-order chi connectivity index (χ1) is 15.0. The van der Waals surface area contributed by atoms with Crippen molar-refractivity contribution in [2.24, 2.45) is 0 Å². The second-order valence-electron chi connectivity index (χ2n) is 7.24. The van der Waals surface area contributed by atoms with Gasteiger partial charge in [-0.05, 0) is 25.1 Å². The lowest BCUT2D eigenvalue weighted by atomic mass is 10.1. The molecular formula is C22H22N6O3. The molecule has 31 heavy (non-hydrogen) atoms. The summed E-state index contributed by atoms with van der Waals surface area (Å²) in [6.07, 6.45) is 0. The number of para-hydroxylation sites is 2. The van der Waals surface area contributed by atoms with Crippen LogP contribution in [0.4, 0.5) is 23.1 Å². The van der Waals surface area contributed by atoms with Crippen molar-refractivity contribution in [2.45, 2.75) is 6.92 Å². The van der Waals surface area contributed by atoms with Crippen LogP contribution in [0.5, 0.6) is 0 Å². The zero-order chi connectivity index (χ0) is 21.8. The van der Waals surface area contributed by atoms with Gasteiger partial charge in [-0.15, -0.1) is 0 Å². The second kappa shape index (κ2) is 8.78. The third-order valence-electron chi connectivity index (χ3n) is 5.07. The maximum Gasteiger partial charge on any atom is 0.282 e. The Labute approximate surface area is 179 Å². The lowest BCUT2D eigenvalue weighted by Gasteiger charge is -2.34. The number of nitro groups is 1. The number of rotatable bonds is 5. The van der Waals surface area contributed by atoms with Crippen molar-refractivity contribution in [3.8, 4) is 0 Å². The van der Waals surface area contributed by atoms with Gasteiger partial charge in [0.05, 0.1) is 4.92 Å². The van der Waals surface area contributed by atoms with Crippen molar-refractivity contribution in [1.29, 1.82) is 0 Å². The van der Waals surface area contributed by atoms with Crippen LogP contribution in [0.15, 0.2) is 60.7 Å². The van der Waals surface area contributed by atoms with Gasteiger partial charge in [-0.25, -0.2) is 4.98 Å². The molecule has 2 aromatic carbocycles. The Morgan fingerprint density at radius 1 is 1.00 bits per heavy atom. The van der Waals surface area contributed by atoms with E-state index in [9.17, 15) is 14.9 Å². The number of nitrogens with zero attached hydrogens (tertiary/aromatic N) is 5. The van der Waals surface area contributed by atoms with Crippen LogP contribution in [-0.2, 0) is 0 Å². The minimum absolute atomic E-state index is 0.113. The number of nitro benzene ring substituents is 1. The Hall–Kier alpha value is -4.01. The van der Waals surface area contributed by atoms with Gasteiger partial charge in [0.15, 0.2) is 0 Å². The fourth-order valence-corrected chi connectivity index (χ4v) is 3.52. The van der Waals surface area contributed by atoms with Gasteiger partial charge in [0.2, 0.25) is 5.95 Å². The van der Waals surface area contributed by atoms with Crippen LogP contribution in [-0.4, -0.2) is 51.9 Å². The van der Waals surface area contributed by atoms with Crippen LogP contribution in [0, 0.1) is 17.0 Å². The average Bonchev–Trinajstić information content (AvgIpc) is 2.79. The van der Waals surface area contributed by atoms with Crippen molar-refractivity contribution in [3.63, 3.8) is 0 Å². The number of piperazine rings is 1. The van der Waals surface area contributed by atoms with E-state index in [1.54, 1.807) is 17.0 Å². The Balaban J connectivity index is 1.45. The van der Waals surface area contributed by atoms with E-state index in [1.165, 1.54) is 12.1 Å². The number of anilines is 3. The predicted octanol–water partition coefficient (Wildman–Crippen LogP) is 3.40. The van der Waals surface area contributed by atoms with E-state index in [0.717, 1.165) is 11.4 Å². The molecule has 1 aliphatic rings. The van der Waals surface area contributed by atoms with E-state index in [1.807, 2.05) is 48.2 Å². The number of nitrogens with one attached hydrogen (secondary N) is 1. The molecule has 1 amide bonds. The molecule has 3 aromatic rings. The normalized spacial score (nSPS) is 13.7. The van der Waals surface area contributed by atoms with Crippen LogP contribution in [0.1, 0.15) is 16.1 Å². The van der Waals surface area contributed by atoms with Gasteiger partial charge in [-0.2, -0.15) is 4.98 Å². The summed E-state index contributed by atoms with van der Waals surface area (Å²) in [5.41, 5.74) is 1.71. The molecule has 0 unspecified atom stereocenters. The number of amides is 1. The second-order valence-corrected chi connectivity index (χ2v) is 7.24. The molecular weight excluding hydrogens is 396 g/mol. The summed E-state index contributed by atoms with van der Waals surface area (Å²) >= 11 is 0. The van der Waals surface area contributed by atoms with E-state index in [2.05, 4.69) is 15.3 Å². The molecule has 158 valence electrons. The maximum absolute atomic E-state index is 12.8. The molecule has 1 fully saturated rings. The van der Waals surface area contributed by atoms with Gasteiger partial charge < -0.3 is 15.1 Å². The summed E-state index contributed by atoms with van der Waals surface area (Å²) in [4.78, 5) is 36.4. The highest BCUT2D eigenvalue weighted by Crippen LogP contribution is 2.22. The number of carbonyl (C=O) groups is 1. The standard InChI is InChI=1S/C22H22N6O3/c1-16-15-20(24-17-7-3-2-4-8-17)25-22(23-16)27-13-11-26(12-14-27)21(29)18-9-5-6-10-19(18)28(30)31/h2-10,15H,11-14H2,1H3,(H,23,24,25). The van der Waals surface area contributed by atoms with Crippen LogP contribution in [0.25, 0.3) is 0 Å². The molecule has 0 atom stereocenters. The Bertz CT molecular complexity index is 1100. The third-order valence-corrected chi connectivity index (χ3v) is 5.07. The number of aromatic nitrogens is 2.